The molecule has 1 aliphatic rings. The minimum absolute atomic E-state index is 0.0467. The van der Waals surface area contributed by atoms with Crippen LogP contribution in [0, 0.1) is 6.92 Å². The number of aliphatic hydroxyl groups is 1. The second kappa shape index (κ2) is 8.46. The summed E-state index contributed by atoms with van der Waals surface area (Å²) in [6, 6.07) is 15.3. The third kappa shape index (κ3) is 3.47. The monoisotopic (exact) mass is 474 g/mol. The standard InChI is InChI=1S/C26H22N2O5S/c1-4-15-10-11-17-20(13-15)34-26(27-17)28-22(16-7-5-6-8-18(16)32-3)21(24(30)25(28)31)23(29)19-12-9-14(2)33-19/h5-13,22,30H,4H2,1-3H3/t22-/m1/s1. The number of nitrogens with zero attached hydrogens (tertiary/aromatic N) is 2. The summed E-state index contributed by atoms with van der Waals surface area (Å²) in [7, 11) is 1.52. The maximum absolute atomic E-state index is 13.5. The van der Waals surface area contributed by atoms with Gasteiger partial charge in [0.25, 0.3) is 5.91 Å². The van der Waals surface area contributed by atoms with Gasteiger partial charge in [-0.15, -0.1) is 0 Å². The smallest absolute Gasteiger partial charge is 0.296 e. The van der Waals surface area contributed by atoms with Crippen LogP contribution in [0.5, 0.6) is 5.75 Å². The predicted octanol–water partition coefficient (Wildman–Crippen LogP) is 5.55. The van der Waals surface area contributed by atoms with Gasteiger partial charge in [0.05, 0.1) is 22.9 Å². The lowest BCUT2D eigenvalue weighted by Crippen LogP contribution is -2.31. The van der Waals surface area contributed by atoms with Crippen molar-refractivity contribution in [2.24, 2.45) is 0 Å². The molecule has 0 radical (unpaired) electrons. The van der Waals surface area contributed by atoms with Gasteiger partial charge in [-0.1, -0.05) is 42.5 Å². The molecule has 3 heterocycles. The molecule has 0 saturated heterocycles. The molecule has 7 nitrogen and oxygen atoms in total. The fourth-order valence-electron chi connectivity index (χ4n) is 4.19. The lowest BCUT2D eigenvalue weighted by molar-refractivity contribution is -0.117. The zero-order chi connectivity index (χ0) is 24.0. The molecular formula is C26H22N2O5S. The Hall–Kier alpha value is -3.91. The van der Waals surface area contributed by atoms with Gasteiger partial charge in [-0.25, -0.2) is 4.98 Å². The number of amides is 1. The van der Waals surface area contributed by atoms with Crippen molar-refractivity contribution in [3.8, 4) is 5.75 Å². The Morgan fingerprint density at radius 1 is 1.21 bits per heavy atom. The summed E-state index contributed by atoms with van der Waals surface area (Å²) in [6.07, 6.45) is 0.874. The van der Waals surface area contributed by atoms with E-state index in [1.807, 2.05) is 18.2 Å². The fraction of sp³-hybridized carbons (Fsp3) is 0.192. The van der Waals surface area contributed by atoms with E-state index in [-0.39, 0.29) is 11.3 Å². The van der Waals surface area contributed by atoms with Gasteiger partial charge in [-0.3, -0.25) is 14.5 Å². The quantitative estimate of drug-likeness (QED) is 0.368. The van der Waals surface area contributed by atoms with E-state index in [0.717, 1.165) is 22.2 Å². The number of fused-ring (bicyclic) bond motifs is 1. The van der Waals surface area contributed by atoms with Gasteiger partial charge in [0.2, 0.25) is 5.78 Å². The molecular weight excluding hydrogens is 452 g/mol. The molecule has 4 aromatic rings. The van der Waals surface area contributed by atoms with Gasteiger partial charge in [-0.05, 0) is 49.2 Å². The minimum Gasteiger partial charge on any atom is -0.503 e. The molecule has 1 amide bonds. The number of benzene rings is 2. The van der Waals surface area contributed by atoms with Gasteiger partial charge in [-0.2, -0.15) is 0 Å². The number of ketones is 1. The van der Waals surface area contributed by atoms with E-state index >= 15 is 0 Å². The van der Waals surface area contributed by atoms with Crippen LogP contribution in [0.1, 0.15) is 40.4 Å². The Bertz CT molecular complexity index is 1460. The highest BCUT2D eigenvalue weighted by Gasteiger charge is 2.47. The van der Waals surface area contributed by atoms with E-state index in [2.05, 4.69) is 11.9 Å². The molecule has 1 aliphatic heterocycles. The third-order valence-electron chi connectivity index (χ3n) is 5.91. The average Bonchev–Trinajstić information content (AvgIpc) is 3.54. The molecule has 0 saturated carbocycles. The van der Waals surface area contributed by atoms with Gasteiger partial charge in [0.15, 0.2) is 16.7 Å². The minimum atomic E-state index is -0.937. The van der Waals surface area contributed by atoms with Crippen LogP contribution in [-0.2, 0) is 11.2 Å². The van der Waals surface area contributed by atoms with Crippen molar-refractivity contribution in [2.75, 3.05) is 12.0 Å². The second-order valence-corrected chi connectivity index (χ2v) is 8.98. The first-order valence-corrected chi connectivity index (χ1v) is 11.6. The molecule has 0 unspecified atom stereocenters. The van der Waals surface area contributed by atoms with Crippen molar-refractivity contribution < 1.29 is 23.8 Å². The van der Waals surface area contributed by atoms with E-state index in [4.69, 9.17) is 9.15 Å². The van der Waals surface area contributed by atoms with Crippen molar-refractivity contribution in [1.29, 1.82) is 0 Å². The normalized spacial score (nSPS) is 16.0. The molecule has 1 N–H and O–H groups in total. The number of rotatable bonds is 6. The van der Waals surface area contributed by atoms with Crippen LogP contribution in [0.15, 0.2) is 70.3 Å². The molecule has 172 valence electrons. The number of aryl methyl sites for hydroxylation is 2. The Morgan fingerprint density at radius 2 is 2.00 bits per heavy atom. The molecule has 5 rings (SSSR count). The van der Waals surface area contributed by atoms with Crippen LogP contribution >= 0.6 is 11.3 Å². The number of hydrogen-bond donors (Lipinski definition) is 1. The molecule has 2 aromatic heterocycles. The van der Waals surface area contributed by atoms with Crippen molar-refractivity contribution in [1.82, 2.24) is 4.98 Å². The lowest BCUT2D eigenvalue weighted by Gasteiger charge is -2.25. The van der Waals surface area contributed by atoms with Gasteiger partial charge < -0.3 is 14.3 Å². The number of para-hydroxylation sites is 1. The first-order valence-electron chi connectivity index (χ1n) is 10.8. The fourth-order valence-corrected chi connectivity index (χ4v) is 5.25. The Balaban J connectivity index is 1.70. The van der Waals surface area contributed by atoms with E-state index in [0.29, 0.717) is 22.2 Å². The first-order chi connectivity index (χ1) is 16.4. The Morgan fingerprint density at radius 3 is 2.71 bits per heavy atom. The number of thiazole rings is 1. The molecule has 0 aliphatic carbocycles. The largest absolute Gasteiger partial charge is 0.503 e. The molecule has 1 atom stereocenters. The SMILES string of the molecule is CCc1ccc2nc(N3C(=O)C(O)=C(C(=O)c4ccc(C)o4)[C@H]3c3ccccc3OC)sc2c1. The zero-order valence-corrected chi connectivity index (χ0v) is 19.7. The summed E-state index contributed by atoms with van der Waals surface area (Å²) < 4.78 is 12.0. The highest BCUT2D eigenvalue weighted by atomic mass is 32.1. The maximum Gasteiger partial charge on any atom is 0.296 e. The summed E-state index contributed by atoms with van der Waals surface area (Å²) in [5.41, 5.74) is 2.38. The molecule has 0 spiro atoms. The highest BCUT2D eigenvalue weighted by Crippen LogP contribution is 2.46. The predicted molar refractivity (Wildman–Crippen MR) is 130 cm³/mol. The number of methoxy groups -OCH3 is 1. The van der Waals surface area contributed by atoms with Crippen molar-refractivity contribution in [3.05, 3.63) is 88.6 Å². The Kier molecular flexibility index (Phi) is 5.45. The number of hydrogen-bond acceptors (Lipinski definition) is 7. The Labute approximate surface area is 199 Å². The number of carbonyl (C=O) groups excluding carboxylic acids is 2. The lowest BCUT2D eigenvalue weighted by atomic mass is 9.94. The number of Topliss-reactive ketones (excluding diaryl/α,β-unsaturated/α-hetero) is 1. The number of aromatic nitrogens is 1. The summed E-state index contributed by atoms with van der Waals surface area (Å²) in [6.45, 7) is 3.79. The summed E-state index contributed by atoms with van der Waals surface area (Å²) in [4.78, 5) is 32.9. The number of anilines is 1. The van der Waals surface area contributed by atoms with E-state index in [9.17, 15) is 14.7 Å². The highest BCUT2D eigenvalue weighted by molar-refractivity contribution is 7.22. The zero-order valence-electron chi connectivity index (χ0n) is 18.9. The topological polar surface area (TPSA) is 92.9 Å². The van der Waals surface area contributed by atoms with Crippen LogP contribution in [0.2, 0.25) is 0 Å². The van der Waals surface area contributed by atoms with Crippen LogP contribution in [0.3, 0.4) is 0 Å². The van der Waals surface area contributed by atoms with Crippen LogP contribution in [0.4, 0.5) is 5.13 Å². The third-order valence-corrected chi connectivity index (χ3v) is 6.92. The van der Waals surface area contributed by atoms with E-state index in [1.165, 1.54) is 29.4 Å². The second-order valence-electron chi connectivity index (χ2n) is 7.97. The van der Waals surface area contributed by atoms with Gasteiger partial charge >= 0.3 is 0 Å². The van der Waals surface area contributed by atoms with E-state index in [1.54, 1.807) is 37.3 Å². The van der Waals surface area contributed by atoms with Crippen LogP contribution in [-0.4, -0.2) is 28.9 Å². The van der Waals surface area contributed by atoms with E-state index < -0.39 is 23.5 Å². The maximum atomic E-state index is 13.5. The van der Waals surface area contributed by atoms with Crippen LogP contribution < -0.4 is 9.64 Å². The summed E-state index contributed by atoms with van der Waals surface area (Å²) >= 11 is 1.34. The molecule has 34 heavy (non-hydrogen) atoms. The summed E-state index contributed by atoms with van der Waals surface area (Å²) in [5, 5.41) is 11.3. The molecule has 8 heteroatoms. The number of ether oxygens (including phenoxy) is 1. The first kappa shape index (κ1) is 21.9. The average molecular weight is 475 g/mol. The molecule has 2 aromatic carbocycles. The summed E-state index contributed by atoms with van der Waals surface area (Å²) in [5.74, 6) is -0.801. The van der Waals surface area contributed by atoms with Crippen molar-refractivity contribution in [2.45, 2.75) is 26.3 Å². The number of carbonyl (C=O) groups is 2. The molecule has 0 bridgehead atoms. The number of furan rings is 1. The van der Waals surface area contributed by atoms with Gasteiger partial charge in [0.1, 0.15) is 17.6 Å². The van der Waals surface area contributed by atoms with Crippen molar-refractivity contribution in [3.63, 3.8) is 0 Å². The van der Waals surface area contributed by atoms with Crippen molar-refractivity contribution >= 4 is 38.4 Å². The number of aliphatic hydroxyl groups excluding tert-OH is 1. The molecule has 0 fully saturated rings. The van der Waals surface area contributed by atoms with Gasteiger partial charge in [0, 0.05) is 5.56 Å². The van der Waals surface area contributed by atoms with Crippen LogP contribution in [0.25, 0.3) is 10.2 Å².